The van der Waals surface area contributed by atoms with Crippen LogP contribution in [-0.2, 0) is 18.3 Å². The molecule has 19 heavy (non-hydrogen) atoms. The fourth-order valence-corrected chi connectivity index (χ4v) is 2.34. The molecule has 104 valence electrons. The third kappa shape index (κ3) is 3.33. The molecule has 4 nitrogen and oxygen atoms in total. The summed E-state index contributed by atoms with van der Waals surface area (Å²) in [5.74, 6) is 0. The zero-order chi connectivity index (χ0) is 13.9. The highest BCUT2D eigenvalue weighted by molar-refractivity contribution is 5.81. The predicted octanol–water partition coefficient (Wildman–Crippen LogP) is 2.48. The second-order valence-electron chi connectivity index (χ2n) is 5.38. The van der Waals surface area contributed by atoms with Gasteiger partial charge in [-0.05, 0) is 26.8 Å². The van der Waals surface area contributed by atoms with Gasteiger partial charge in [-0.15, -0.1) is 0 Å². The predicted molar refractivity (Wildman–Crippen MR) is 78.1 cm³/mol. The first-order chi connectivity index (χ1) is 9.03. The molecule has 0 aliphatic carbocycles. The van der Waals surface area contributed by atoms with Gasteiger partial charge in [-0.1, -0.05) is 18.2 Å². The quantitative estimate of drug-likeness (QED) is 0.868. The van der Waals surface area contributed by atoms with Crippen LogP contribution in [0.4, 0.5) is 0 Å². The summed E-state index contributed by atoms with van der Waals surface area (Å²) in [5, 5.41) is 9.21. The van der Waals surface area contributed by atoms with Crippen LogP contribution in [0.15, 0.2) is 24.3 Å². The Labute approximate surface area is 114 Å². The number of para-hydroxylation sites is 1. The topological polar surface area (TPSA) is 39.1 Å². The van der Waals surface area contributed by atoms with Crippen LogP contribution < -0.4 is 5.32 Å². The SMILES string of the molecule is CCOC(C)(C)CNCc1nn(C)c2ccccc12. The fraction of sp³-hybridized carbons (Fsp3) is 0.533. The molecule has 0 saturated carbocycles. The van der Waals surface area contributed by atoms with Crippen molar-refractivity contribution in [1.82, 2.24) is 15.1 Å². The first kappa shape index (κ1) is 14.0. The van der Waals surface area contributed by atoms with E-state index in [1.165, 1.54) is 10.9 Å². The summed E-state index contributed by atoms with van der Waals surface area (Å²) in [4.78, 5) is 0. The van der Waals surface area contributed by atoms with E-state index >= 15 is 0 Å². The average molecular weight is 261 g/mol. The van der Waals surface area contributed by atoms with Crippen molar-refractivity contribution in [2.75, 3.05) is 13.2 Å². The Kier molecular flexibility index (Phi) is 4.22. The number of benzene rings is 1. The van der Waals surface area contributed by atoms with Crippen LogP contribution in [0, 0.1) is 0 Å². The Morgan fingerprint density at radius 3 is 2.79 bits per heavy atom. The molecule has 0 aliphatic heterocycles. The van der Waals surface area contributed by atoms with E-state index in [-0.39, 0.29) is 5.60 Å². The molecule has 0 amide bonds. The molecular formula is C15H23N3O. The molecule has 0 unspecified atom stereocenters. The van der Waals surface area contributed by atoms with Crippen LogP contribution in [0.5, 0.6) is 0 Å². The molecule has 1 aromatic heterocycles. The Morgan fingerprint density at radius 1 is 1.32 bits per heavy atom. The van der Waals surface area contributed by atoms with Crippen LogP contribution in [0.1, 0.15) is 26.5 Å². The van der Waals surface area contributed by atoms with Crippen LogP contribution >= 0.6 is 0 Å². The molecule has 2 rings (SSSR count). The van der Waals surface area contributed by atoms with Gasteiger partial charge in [0.1, 0.15) is 0 Å². The number of hydrogen-bond acceptors (Lipinski definition) is 3. The first-order valence-electron chi connectivity index (χ1n) is 6.79. The highest BCUT2D eigenvalue weighted by Crippen LogP contribution is 2.17. The van der Waals surface area contributed by atoms with Crippen LogP contribution in [0.3, 0.4) is 0 Å². The molecule has 1 aromatic carbocycles. The van der Waals surface area contributed by atoms with Crippen molar-refractivity contribution in [1.29, 1.82) is 0 Å². The maximum absolute atomic E-state index is 5.67. The highest BCUT2D eigenvalue weighted by Gasteiger charge is 2.17. The Hall–Kier alpha value is -1.39. The molecule has 2 aromatic rings. The molecule has 0 spiro atoms. The molecule has 4 heteroatoms. The van der Waals surface area contributed by atoms with Crippen molar-refractivity contribution >= 4 is 10.9 Å². The van der Waals surface area contributed by atoms with Gasteiger partial charge in [-0.25, -0.2) is 0 Å². The molecule has 0 bridgehead atoms. The van der Waals surface area contributed by atoms with Gasteiger partial charge in [0.25, 0.3) is 0 Å². The summed E-state index contributed by atoms with van der Waals surface area (Å²) in [7, 11) is 1.98. The molecule has 1 N–H and O–H groups in total. The van der Waals surface area contributed by atoms with Gasteiger partial charge in [0, 0.05) is 32.1 Å². The van der Waals surface area contributed by atoms with E-state index in [4.69, 9.17) is 4.74 Å². The Bertz CT molecular complexity index is 545. The maximum atomic E-state index is 5.67. The van der Waals surface area contributed by atoms with E-state index in [0.717, 1.165) is 25.4 Å². The third-order valence-electron chi connectivity index (χ3n) is 3.21. The minimum Gasteiger partial charge on any atom is -0.375 e. The molecule has 0 radical (unpaired) electrons. The van der Waals surface area contributed by atoms with Crippen molar-refractivity contribution < 1.29 is 4.74 Å². The van der Waals surface area contributed by atoms with Crippen molar-refractivity contribution in [3.63, 3.8) is 0 Å². The van der Waals surface area contributed by atoms with Crippen LogP contribution in [0.2, 0.25) is 0 Å². The number of aryl methyl sites for hydroxylation is 1. The fourth-order valence-electron chi connectivity index (χ4n) is 2.34. The Morgan fingerprint density at radius 2 is 2.05 bits per heavy atom. The van der Waals surface area contributed by atoms with Crippen molar-refractivity contribution in [3.8, 4) is 0 Å². The third-order valence-corrected chi connectivity index (χ3v) is 3.21. The number of ether oxygens (including phenoxy) is 1. The summed E-state index contributed by atoms with van der Waals surface area (Å²) in [6.07, 6.45) is 0. The average Bonchev–Trinajstić information content (AvgIpc) is 2.67. The smallest absolute Gasteiger partial charge is 0.0841 e. The van der Waals surface area contributed by atoms with Gasteiger partial charge in [0.05, 0.1) is 16.8 Å². The number of nitrogens with one attached hydrogen (secondary N) is 1. The maximum Gasteiger partial charge on any atom is 0.0841 e. The summed E-state index contributed by atoms with van der Waals surface area (Å²) < 4.78 is 7.60. The molecule has 0 saturated heterocycles. The van der Waals surface area contributed by atoms with E-state index in [2.05, 4.69) is 42.5 Å². The van der Waals surface area contributed by atoms with Crippen molar-refractivity contribution in [2.45, 2.75) is 32.9 Å². The first-order valence-corrected chi connectivity index (χ1v) is 6.79. The lowest BCUT2D eigenvalue weighted by molar-refractivity contribution is -0.00901. The zero-order valence-corrected chi connectivity index (χ0v) is 12.2. The summed E-state index contributed by atoms with van der Waals surface area (Å²) >= 11 is 0. The van der Waals surface area contributed by atoms with E-state index in [0.29, 0.717) is 0 Å². The largest absolute Gasteiger partial charge is 0.375 e. The van der Waals surface area contributed by atoms with E-state index in [9.17, 15) is 0 Å². The monoisotopic (exact) mass is 261 g/mol. The molecular weight excluding hydrogens is 238 g/mol. The number of hydrogen-bond donors (Lipinski definition) is 1. The summed E-state index contributed by atoms with van der Waals surface area (Å²) in [6, 6.07) is 8.31. The van der Waals surface area contributed by atoms with Gasteiger partial charge >= 0.3 is 0 Å². The van der Waals surface area contributed by atoms with Crippen LogP contribution in [0.25, 0.3) is 10.9 Å². The Balaban J connectivity index is 2.03. The van der Waals surface area contributed by atoms with E-state index in [1.54, 1.807) is 0 Å². The highest BCUT2D eigenvalue weighted by atomic mass is 16.5. The summed E-state index contributed by atoms with van der Waals surface area (Å²) in [5.41, 5.74) is 2.12. The van der Waals surface area contributed by atoms with E-state index < -0.39 is 0 Å². The standard InChI is InChI=1S/C15H23N3O/c1-5-19-15(2,3)11-16-10-13-12-8-6-7-9-14(12)18(4)17-13/h6-9,16H,5,10-11H2,1-4H3. The van der Waals surface area contributed by atoms with Gasteiger partial charge in [-0.2, -0.15) is 5.10 Å². The lowest BCUT2D eigenvalue weighted by Gasteiger charge is -2.24. The molecule has 0 aliphatic rings. The van der Waals surface area contributed by atoms with Crippen molar-refractivity contribution in [2.24, 2.45) is 7.05 Å². The zero-order valence-electron chi connectivity index (χ0n) is 12.2. The normalized spacial score (nSPS) is 12.2. The van der Waals surface area contributed by atoms with Gasteiger partial charge in [-0.3, -0.25) is 4.68 Å². The second kappa shape index (κ2) is 5.72. The number of rotatable bonds is 6. The minimum absolute atomic E-state index is 0.140. The van der Waals surface area contributed by atoms with Gasteiger partial charge in [0.2, 0.25) is 0 Å². The number of aromatic nitrogens is 2. The van der Waals surface area contributed by atoms with E-state index in [1.807, 2.05) is 24.7 Å². The summed E-state index contributed by atoms with van der Waals surface area (Å²) in [6.45, 7) is 8.53. The molecule has 0 atom stereocenters. The van der Waals surface area contributed by atoms with Crippen molar-refractivity contribution in [3.05, 3.63) is 30.0 Å². The van der Waals surface area contributed by atoms with Crippen LogP contribution in [-0.4, -0.2) is 28.5 Å². The van der Waals surface area contributed by atoms with Gasteiger partial charge < -0.3 is 10.1 Å². The number of fused-ring (bicyclic) bond motifs is 1. The van der Waals surface area contributed by atoms with Gasteiger partial charge in [0.15, 0.2) is 0 Å². The molecule has 0 fully saturated rings. The number of nitrogens with zero attached hydrogens (tertiary/aromatic N) is 2. The lowest BCUT2D eigenvalue weighted by atomic mass is 10.1. The lowest BCUT2D eigenvalue weighted by Crippen LogP contribution is -2.37. The minimum atomic E-state index is -0.140. The second-order valence-corrected chi connectivity index (χ2v) is 5.38. The molecule has 1 heterocycles.